The lowest BCUT2D eigenvalue weighted by atomic mass is 10.0. The summed E-state index contributed by atoms with van der Waals surface area (Å²) < 4.78 is 0. The molecule has 16 heavy (non-hydrogen) atoms. The number of nitrogens with zero attached hydrogens (tertiary/aromatic N) is 2. The van der Waals surface area contributed by atoms with E-state index in [2.05, 4.69) is 6.07 Å². The summed E-state index contributed by atoms with van der Waals surface area (Å²) >= 11 is 0. The van der Waals surface area contributed by atoms with Gasteiger partial charge in [0.25, 0.3) is 5.91 Å². The van der Waals surface area contributed by atoms with E-state index < -0.39 is 5.54 Å². The molecule has 0 aliphatic rings. The Labute approximate surface area is 96.3 Å². The molecular formula is C13H16N2O. The average molecular weight is 216 g/mol. The van der Waals surface area contributed by atoms with Gasteiger partial charge in [0.2, 0.25) is 0 Å². The van der Waals surface area contributed by atoms with Crippen molar-refractivity contribution in [2.75, 3.05) is 7.05 Å². The highest BCUT2D eigenvalue weighted by Gasteiger charge is 2.27. The topological polar surface area (TPSA) is 44.1 Å². The molecule has 1 aromatic rings. The number of amides is 1. The maximum absolute atomic E-state index is 12.0. The van der Waals surface area contributed by atoms with Crippen LogP contribution < -0.4 is 0 Å². The first-order valence-corrected chi connectivity index (χ1v) is 5.14. The summed E-state index contributed by atoms with van der Waals surface area (Å²) in [4.78, 5) is 13.5. The number of aryl methyl sites for hydroxylation is 1. The van der Waals surface area contributed by atoms with Crippen LogP contribution in [0.25, 0.3) is 0 Å². The molecule has 3 nitrogen and oxygen atoms in total. The SMILES string of the molecule is Cc1ccc(C(=O)N(C)C(C)(C)C#N)cc1. The van der Waals surface area contributed by atoms with Gasteiger partial charge in [-0.2, -0.15) is 5.26 Å². The first-order chi connectivity index (χ1) is 7.38. The van der Waals surface area contributed by atoms with Crippen LogP contribution >= 0.6 is 0 Å². The summed E-state index contributed by atoms with van der Waals surface area (Å²) in [6, 6.07) is 9.45. The maximum Gasteiger partial charge on any atom is 0.254 e. The number of rotatable bonds is 2. The van der Waals surface area contributed by atoms with E-state index in [-0.39, 0.29) is 5.91 Å². The molecule has 0 bridgehead atoms. The number of hydrogen-bond acceptors (Lipinski definition) is 2. The third-order valence-corrected chi connectivity index (χ3v) is 2.72. The van der Waals surface area contributed by atoms with Crippen molar-refractivity contribution in [3.8, 4) is 6.07 Å². The van der Waals surface area contributed by atoms with Crippen molar-refractivity contribution in [2.45, 2.75) is 26.3 Å². The minimum Gasteiger partial charge on any atom is -0.324 e. The van der Waals surface area contributed by atoms with Crippen LogP contribution in [0.3, 0.4) is 0 Å². The van der Waals surface area contributed by atoms with Gasteiger partial charge in [0.15, 0.2) is 0 Å². The molecule has 0 aliphatic heterocycles. The van der Waals surface area contributed by atoms with E-state index in [1.54, 1.807) is 33.0 Å². The predicted molar refractivity (Wildman–Crippen MR) is 63.0 cm³/mol. The van der Waals surface area contributed by atoms with Crippen LogP contribution in [0, 0.1) is 18.3 Å². The summed E-state index contributed by atoms with van der Waals surface area (Å²) in [6.07, 6.45) is 0. The van der Waals surface area contributed by atoms with Crippen molar-refractivity contribution in [1.82, 2.24) is 4.90 Å². The van der Waals surface area contributed by atoms with Gasteiger partial charge in [-0.1, -0.05) is 17.7 Å². The van der Waals surface area contributed by atoms with Crippen LogP contribution in [0.15, 0.2) is 24.3 Å². The van der Waals surface area contributed by atoms with Gasteiger partial charge in [-0.05, 0) is 32.9 Å². The Balaban J connectivity index is 2.96. The second kappa shape index (κ2) is 4.36. The molecule has 0 radical (unpaired) electrons. The lowest BCUT2D eigenvalue weighted by molar-refractivity contribution is 0.0698. The second-order valence-electron chi connectivity index (χ2n) is 4.40. The third kappa shape index (κ3) is 2.40. The van der Waals surface area contributed by atoms with E-state index in [0.29, 0.717) is 5.56 Å². The lowest BCUT2D eigenvalue weighted by Gasteiger charge is -2.29. The van der Waals surface area contributed by atoms with Crippen molar-refractivity contribution in [1.29, 1.82) is 5.26 Å². The molecule has 84 valence electrons. The number of nitriles is 1. The molecule has 0 fully saturated rings. The third-order valence-electron chi connectivity index (χ3n) is 2.72. The highest BCUT2D eigenvalue weighted by Crippen LogP contribution is 2.15. The van der Waals surface area contributed by atoms with E-state index in [4.69, 9.17) is 5.26 Å². The Hall–Kier alpha value is -1.82. The largest absolute Gasteiger partial charge is 0.324 e. The van der Waals surface area contributed by atoms with Crippen molar-refractivity contribution >= 4 is 5.91 Å². The molecule has 0 aromatic heterocycles. The van der Waals surface area contributed by atoms with Gasteiger partial charge < -0.3 is 4.90 Å². The fourth-order valence-corrected chi connectivity index (χ4v) is 1.22. The summed E-state index contributed by atoms with van der Waals surface area (Å²) in [7, 11) is 1.64. The molecular weight excluding hydrogens is 200 g/mol. The van der Waals surface area contributed by atoms with E-state index in [1.165, 1.54) is 4.90 Å². The molecule has 1 aromatic carbocycles. The van der Waals surface area contributed by atoms with Crippen LogP contribution in [0.1, 0.15) is 29.8 Å². The second-order valence-corrected chi connectivity index (χ2v) is 4.40. The first kappa shape index (κ1) is 12.3. The molecule has 3 heteroatoms. The maximum atomic E-state index is 12.0. The van der Waals surface area contributed by atoms with Gasteiger partial charge in [0, 0.05) is 12.6 Å². The summed E-state index contributed by atoms with van der Waals surface area (Å²) in [6.45, 7) is 5.41. The van der Waals surface area contributed by atoms with Crippen molar-refractivity contribution in [3.63, 3.8) is 0 Å². The van der Waals surface area contributed by atoms with E-state index >= 15 is 0 Å². The molecule has 0 atom stereocenters. The summed E-state index contributed by atoms with van der Waals surface area (Å²) in [5.74, 6) is -0.133. The van der Waals surface area contributed by atoms with Gasteiger partial charge in [0.1, 0.15) is 5.54 Å². The minimum atomic E-state index is -0.790. The minimum absolute atomic E-state index is 0.133. The zero-order valence-corrected chi connectivity index (χ0v) is 10.1. The van der Waals surface area contributed by atoms with Crippen LogP contribution in [0.5, 0.6) is 0 Å². The normalized spacial score (nSPS) is 10.7. The monoisotopic (exact) mass is 216 g/mol. The van der Waals surface area contributed by atoms with Crippen LogP contribution in [-0.4, -0.2) is 23.4 Å². The Morgan fingerprint density at radius 2 is 1.81 bits per heavy atom. The van der Waals surface area contributed by atoms with Crippen molar-refractivity contribution in [3.05, 3.63) is 35.4 Å². The molecule has 0 heterocycles. The number of carbonyl (C=O) groups is 1. The molecule has 0 saturated carbocycles. The zero-order valence-electron chi connectivity index (χ0n) is 10.1. The van der Waals surface area contributed by atoms with Gasteiger partial charge in [0.05, 0.1) is 6.07 Å². The zero-order chi connectivity index (χ0) is 12.3. The Kier molecular flexibility index (Phi) is 3.34. The van der Waals surface area contributed by atoms with E-state index in [0.717, 1.165) is 5.56 Å². The van der Waals surface area contributed by atoms with Crippen LogP contribution in [-0.2, 0) is 0 Å². The Bertz CT molecular complexity index is 426. The fourth-order valence-electron chi connectivity index (χ4n) is 1.22. The first-order valence-electron chi connectivity index (χ1n) is 5.14. The van der Waals surface area contributed by atoms with Gasteiger partial charge in [-0.3, -0.25) is 4.79 Å². The number of hydrogen-bond donors (Lipinski definition) is 0. The molecule has 0 aliphatic carbocycles. The molecule has 0 unspecified atom stereocenters. The quantitative estimate of drug-likeness (QED) is 0.761. The van der Waals surface area contributed by atoms with Crippen LogP contribution in [0.2, 0.25) is 0 Å². The lowest BCUT2D eigenvalue weighted by Crippen LogP contribution is -2.43. The van der Waals surface area contributed by atoms with Gasteiger partial charge in [-0.15, -0.1) is 0 Å². The standard InChI is InChI=1S/C13H16N2O/c1-10-5-7-11(8-6-10)12(16)15(4)13(2,3)9-14/h5-8H,1-4H3. The number of benzene rings is 1. The van der Waals surface area contributed by atoms with Gasteiger partial charge >= 0.3 is 0 Å². The molecule has 0 spiro atoms. The summed E-state index contributed by atoms with van der Waals surface area (Å²) in [5.41, 5.74) is 0.928. The van der Waals surface area contributed by atoms with Gasteiger partial charge in [-0.25, -0.2) is 0 Å². The Morgan fingerprint density at radius 3 is 2.25 bits per heavy atom. The smallest absolute Gasteiger partial charge is 0.254 e. The highest BCUT2D eigenvalue weighted by molar-refractivity contribution is 5.94. The van der Waals surface area contributed by atoms with Crippen molar-refractivity contribution in [2.24, 2.45) is 0 Å². The fraction of sp³-hybridized carbons (Fsp3) is 0.385. The van der Waals surface area contributed by atoms with E-state index in [1.807, 2.05) is 19.1 Å². The van der Waals surface area contributed by atoms with E-state index in [9.17, 15) is 4.79 Å². The van der Waals surface area contributed by atoms with Crippen LogP contribution in [0.4, 0.5) is 0 Å². The Morgan fingerprint density at radius 1 is 1.31 bits per heavy atom. The molecule has 1 rings (SSSR count). The van der Waals surface area contributed by atoms with Crippen molar-refractivity contribution < 1.29 is 4.79 Å². The molecule has 0 saturated heterocycles. The molecule has 1 amide bonds. The highest BCUT2D eigenvalue weighted by atomic mass is 16.2. The predicted octanol–water partition coefficient (Wildman–Crippen LogP) is 2.37. The number of carbonyl (C=O) groups excluding carboxylic acids is 1. The summed E-state index contributed by atoms with van der Waals surface area (Å²) in [5, 5.41) is 8.96. The average Bonchev–Trinajstić information content (AvgIpc) is 2.28. The molecule has 0 N–H and O–H groups in total.